The van der Waals surface area contributed by atoms with Gasteiger partial charge in [-0.05, 0) is 31.0 Å². The van der Waals surface area contributed by atoms with E-state index >= 15 is 0 Å². The second-order valence-electron chi connectivity index (χ2n) is 12.7. The quantitative estimate of drug-likeness (QED) is 0.0202. The molecule has 0 bridgehead atoms. The van der Waals surface area contributed by atoms with Gasteiger partial charge in [-0.15, -0.1) is 5.59 Å². The van der Waals surface area contributed by atoms with E-state index in [1.54, 1.807) is 6.92 Å². The average molecular weight is 707 g/mol. The molecule has 0 aliphatic heterocycles. The van der Waals surface area contributed by atoms with Crippen molar-refractivity contribution >= 4 is 23.7 Å². The van der Waals surface area contributed by atoms with Gasteiger partial charge in [-0.3, -0.25) is 14.8 Å². The Morgan fingerprint density at radius 2 is 0.979 bits per heavy atom. The number of hydrogen-bond donors (Lipinski definition) is 5. The van der Waals surface area contributed by atoms with Crippen LogP contribution in [0.2, 0.25) is 0 Å². The van der Waals surface area contributed by atoms with Gasteiger partial charge in [0.25, 0.3) is 0 Å². The van der Waals surface area contributed by atoms with Crippen molar-refractivity contribution in [3.05, 3.63) is 23.8 Å². The van der Waals surface area contributed by atoms with Crippen molar-refractivity contribution in [1.29, 1.82) is 0 Å². The van der Waals surface area contributed by atoms with E-state index in [9.17, 15) is 16.8 Å². The highest BCUT2D eigenvalue weighted by molar-refractivity contribution is 8.65. The molecule has 13 heteroatoms. The minimum absolute atomic E-state index is 0.124. The smallest absolute Gasteiger partial charge is 0.296 e. The van der Waals surface area contributed by atoms with E-state index in [0.717, 1.165) is 18.9 Å². The van der Waals surface area contributed by atoms with Gasteiger partial charge in [-0.2, -0.15) is 13.4 Å². The van der Waals surface area contributed by atoms with E-state index in [2.05, 4.69) is 29.1 Å². The zero-order valence-corrected chi connectivity index (χ0v) is 31.0. The molecular formula is C34H66N4O7S2. The SMILES string of the molecule is CCCCCCCCCCCCCCCCCCCCCCCCCCCONNONNc1cc(C)ccc1S(=O)(=O)S(=O)(=O)O. The molecule has 0 unspecified atom stereocenters. The van der Waals surface area contributed by atoms with Crippen LogP contribution in [0.15, 0.2) is 23.1 Å². The summed E-state index contributed by atoms with van der Waals surface area (Å²) in [6.45, 7) is 4.46. The second kappa shape index (κ2) is 28.5. The van der Waals surface area contributed by atoms with Crippen molar-refractivity contribution in [1.82, 2.24) is 16.8 Å². The fourth-order valence-corrected chi connectivity index (χ4v) is 7.55. The minimum atomic E-state index is -5.35. The monoisotopic (exact) mass is 706 g/mol. The highest BCUT2D eigenvalue weighted by Gasteiger charge is 2.32. The topological polar surface area (TPSA) is 155 Å². The third kappa shape index (κ3) is 22.9. The molecule has 0 heterocycles. The Bertz CT molecular complexity index is 1110. The molecular weight excluding hydrogens is 641 g/mol. The van der Waals surface area contributed by atoms with Crippen LogP contribution in [-0.4, -0.2) is 28.0 Å². The first-order valence-corrected chi connectivity index (χ1v) is 21.8. The summed E-state index contributed by atoms with van der Waals surface area (Å²) in [6.07, 6.45) is 33.9. The molecule has 0 atom stereocenters. The summed E-state index contributed by atoms with van der Waals surface area (Å²) in [7, 11) is -10.3. The Morgan fingerprint density at radius 1 is 0.574 bits per heavy atom. The summed E-state index contributed by atoms with van der Waals surface area (Å²) in [5.41, 5.74) is 9.82. The van der Waals surface area contributed by atoms with Crippen molar-refractivity contribution in [3.8, 4) is 0 Å². The maximum Gasteiger partial charge on any atom is 0.377 e. The van der Waals surface area contributed by atoms with Crippen molar-refractivity contribution in [3.63, 3.8) is 0 Å². The van der Waals surface area contributed by atoms with Gasteiger partial charge in [-0.1, -0.05) is 178 Å². The van der Waals surface area contributed by atoms with E-state index in [4.69, 9.17) is 14.3 Å². The molecule has 0 aliphatic carbocycles. The van der Waals surface area contributed by atoms with Crippen LogP contribution in [0.5, 0.6) is 0 Å². The van der Waals surface area contributed by atoms with Gasteiger partial charge in [0.1, 0.15) is 4.90 Å². The number of unbranched alkanes of at least 4 members (excludes halogenated alkanes) is 24. The first-order valence-electron chi connectivity index (χ1n) is 18.3. The molecule has 0 aliphatic rings. The van der Waals surface area contributed by atoms with Crippen molar-refractivity contribution in [2.75, 3.05) is 12.0 Å². The normalized spacial score (nSPS) is 12.1. The Balaban J connectivity index is 1.82. The predicted octanol–water partition coefficient (Wildman–Crippen LogP) is 9.13. The van der Waals surface area contributed by atoms with Crippen LogP contribution >= 0.6 is 0 Å². The summed E-state index contributed by atoms with van der Waals surface area (Å²) < 4.78 is 55.7. The summed E-state index contributed by atoms with van der Waals surface area (Å²) in [5.74, 6) is 0. The number of nitrogens with one attached hydrogen (secondary N) is 4. The largest absolute Gasteiger partial charge is 0.377 e. The van der Waals surface area contributed by atoms with Crippen molar-refractivity contribution in [2.45, 2.75) is 179 Å². The summed E-state index contributed by atoms with van der Waals surface area (Å²) in [4.78, 5) is 9.43. The van der Waals surface area contributed by atoms with Gasteiger partial charge in [0.05, 0.1) is 12.3 Å². The van der Waals surface area contributed by atoms with Crippen LogP contribution in [0.25, 0.3) is 0 Å². The van der Waals surface area contributed by atoms with Gasteiger partial charge >= 0.3 is 18.0 Å². The van der Waals surface area contributed by atoms with E-state index in [1.807, 2.05) is 0 Å². The van der Waals surface area contributed by atoms with Crippen LogP contribution in [0.4, 0.5) is 5.69 Å². The number of aryl methyl sites for hydroxylation is 1. The molecule has 47 heavy (non-hydrogen) atoms. The van der Waals surface area contributed by atoms with Crippen LogP contribution < -0.4 is 22.2 Å². The van der Waals surface area contributed by atoms with Gasteiger partial charge in [0.2, 0.25) is 0 Å². The van der Waals surface area contributed by atoms with E-state index in [1.165, 1.54) is 160 Å². The van der Waals surface area contributed by atoms with Crippen LogP contribution in [0.3, 0.4) is 0 Å². The first kappa shape index (κ1) is 43.7. The van der Waals surface area contributed by atoms with Crippen LogP contribution in [0, 0.1) is 6.92 Å². The molecule has 276 valence electrons. The molecule has 1 aromatic carbocycles. The molecule has 0 saturated heterocycles. The zero-order valence-electron chi connectivity index (χ0n) is 29.3. The third-order valence-corrected chi connectivity index (χ3v) is 12.1. The lowest BCUT2D eigenvalue weighted by atomic mass is 10.0. The Kier molecular flexibility index (Phi) is 26.5. The van der Waals surface area contributed by atoms with E-state index in [-0.39, 0.29) is 5.69 Å². The van der Waals surface area contributed by atoms with Gasteiger partial charge < -0.3 is 0 Å². The first-order chi connectivity index (χ1) is 22.7. The molecule has 0 saturated carbocycles. The maximum absolute atomic E-state index is 12.1. The summed E-state index contributed by atoms with van der Waals surface area (Å²) in [5, 5.41) is 0. The van der Waals surface area contributed by atoms with Gasteiger partial charge in [0, 0.05) is 0 Å². The molecule has 1 aromatic rings. The van der Waals surface area contributed by atoms with Crippen LogP contribution in [0.1, 0.15) is 173 Å². The molecule has 0 aromatic heterocycles. The second-order valence-corrected chi connectivity index (χ2v) is 17.5. The molecule has 0 radical (unpaired) electrons. The van der Waals surface area contributed by atoms with Crippen LogP contribution in [-0.2, 0) is 27.8 Å². The number of rotatable bonds is 34. The number of hydrogen-bond acceptors (Lipinski definition) is 10. The molecule has 1 rings (SSSR count). The van der Waals surface area contributed by atoms with E-state index in [0.29, 0.717) is 12.2 Å². The predicted molar refractivity (Wildman–Crippen MR) is 191 cm³/mol. The standard InChI is InChI=1S/C34H66N4O7S2/c1-3-4-5-6-7-8-9-10-11-12-13-14-15-16-17-18-19-20-21-22-23-24-25-26-27-30-44-37-38-45-36-35-33-31-32(2)28-29-34(33)46(39,40)47(41,42)43/h28-29,31,35-38H,3-27,30H2,1-2H3,(H,41,42,43). The maximum atomic E-state index is 12.1. The minimum Gasteiger partial charge on any atom is -0.296 e. The van der Waals surface area contributed by atoms with E-state index < -0.39 is 22.9 Å². The van der Waals surface area contributed by atoms with Crippen molar-refractivity contribution in [2.24, 2.45) is 0 Å². The lowest BCUT2D eigenvalue weighted by molar-refractivity contribution is -0.140. The lowest BCUT2D eigenvalue weighted by Gasteiger charge is -2.13. The third-order valence-electron chi connectivity index (χ3n) is 8.43. The van der Waals surface area contributed by atoms with Gasteiger partial charge in [-0.25, -0.2) is 8.42 Å². The Hall–Kier alpha value is -1.32. The number of hydrazine groups is 2. The zero-order chi connectivity index (χ0) is 34.5. The fourth-order valence-electron chi connectivity index (χ4n) is 5.59. The highest BCUT2D eigenvalue weighted by atomic mass is 33.2. The Morgan fingerprint density at radius 3 is 1.38 bits per heavy atom. The summed E-state index contributed by atoms with van der Waals surface area (Å²) in [6, 6.07) is 3.85. The number of benzene rings is 1. The molecule has 0 spiro atoms. The fraction of sp³-hybridized carbons (Fsp3) is 0.824. The lowest BCUT2D eigenvalue weighted by Crippen LogP contribution is -2.39. The highest BCUT2D eigenvalue weighted by Crippen LogP contribution is 2.26. The average Bonchev–Trinajstić information content (AvgIpc) is 3.03. The molecule has 5 N–H and O–H groups in total. The van der Waals surface area contributed by atoms with Gasteiger partial charge in [0.15, 0.2) is 0 Å². The van der Waals surface area contributed by atoms with Crippen molar-refractivity contribution < 1.29 is 31.2 Å². The summed E-state index contributed by atoms with van der Waals surface area (Å²) >= 11 is 0. The number of anilines is 1. The molecule has 11 nitrogen and oxygen atoms in total. The molecule has 0 amide bonds. The molecule has 0 fully saturated rings. The Labute approximate surface area is 286 Å².